The molecule has 0 aliphatic heterocycles. The first-order valence-electron chi connectivity index (χ1n) is 7.92. The van der Waals surface area contributed by atoms with Crippen molar-refractivity contribution in [3.05, 3.63) is 29.3 Å². The second-order valence-electron chi connectivity index (χ2n) is 7.25. The number of ether oxygens (including phenoxy) is 1. The number of hydrogen-bond acceptors (Lipinski definition) is 3. The third-order valence-corrected chi connectivity index (χ3v) is 6.24. The third kappa shape index (κ3) is 2.01. The zero-order valence-electron chi connectivity index (χ0n) is 13.2. The van der Waals surface area contributed by atoms with Crippen LogP contribution in [0.1, 0.15) is 44.2 Å². The van der Waals surface area contributed by atoms with E-state index in [-0.39, 0.29) is 12.0 Å². The Bertz CT molecular complexity index is 541. The van der Waals surface area contributed by atoms with E-state index in [2.05, 4.69) is 19.1 Å². The molecule has 2 N–H and O–H groups in total. The molecule has 116 valence electrons. The first kappa shape index (κ1) is 14.9. The lowest BCUT2D eigenvalue weighted by atomic mass is 9.49. The Labute approximate surface area is 127 Å². The van der Waals surface area contributed by atoms with Crippen LogP contribution in [0.4, 0.5) is 0 Å². The third-order valence-electron chi connectivity index (χ3n) is 6.24. The van der Waals surface area contributed by atoms with Crippen molar-refractivity contribution in [2.24, 2.45) is 11.3 Å². The van der Waals surface area contributed by atoms with Crippen molar-refractivity contribution < 1.29 is 14.9 Å². The maximum atomic E-state index is 10.4. The summed E-state index contributed by atoms with van der Waals surface area (Å²) in [5, 5.41) is 20.4. The Morgan fingerprint density at radius 2 is 2.05 bits per heavy atom. The molecule has 1 aromatic rings. The van der Waals surface area contributed by atoms with Crippen LogP contribution in [-0.4, -0.2) is 30.0 Å². The Kier molecular flexibility index (Phi) is 3.53. The van der Waals surface area contributed by atoms with Gasteiger partial charge in [0.15, 0.2) is 0 Å². The molecule has 0 saturated heterocycles. The largest absolute Gasteiger partial charge is 0.497 e. The van der Waals surface area contributed by atoms with Crippen LogP contribution in [0, 0.1) is 11.3 Å². The van der Waals surface area contributed by atoms with Crippen molar-refractivity contribution in [1.82, 2.24) is 0 Å². The summed E-state index contributed by atoms with van der Waals surface area (Å²) in [4.78, 5) is 0. The molecule has 0 amide bonds. The second kappa shape index (κ2) is 4.99. The first-order valence-corrected chi connectivity index (χ1v) is 7.92. The molecule has 3 nitrogen and oxygen atoms in total. The quantitative estimate of drug-likeness (QED) is 0.880. The molecule has 0 radical (unpaired) electrons. The normalized spacial score (nSPS) is 38.5. The Morgan fingerprint density at radius 3 is 2.71 bits per heavy atom. The van der Waals surface area contributed by atoms with E-state index in [9.17, 15) is 10.2 Å². The molecule has 3 rings (SSSR count). The maximum absolute atomic E-state index is 10.4. The maximum Gasteiger partial charge on any atom is 0.119 e. The molecular weight excluding hydrogens is 264 g/mol. The van der Waals surface area contributed by atoms with E-state index in [1.807, 2.05) is 13.0 Å². The molecule has 1 fully saturated rings. The predicted octanol–water partition coefficient (Wildman–Crippen LogP) is 2.67. The van der Waals surface area contributed by atoms with Gasteiger partial charge in [0, 0.05) is 5.41 Å². The molecule has 3 heteroatoms. The summed E-state index contributed by atoms with van der Waals surface area (Å²) in [7, 11) is 1.70. The van der Waals surface area contributed by atoms with Crippen molar-refractivity contribution in [2.75, 3.05) is 13.7 Å². The standard InChI is InChI=1S/C18H26O3/c1-17-9-8-16(20)18(2,11-19)15(17)7-5-12-4-6-13(21-3)10-14(12)17/h4,6,10,15-16,19-20H,5,7-9,11H2,1-3H3/t15-,16-,17-,18?/m1/s1. The van der Waals surface area contributed by atoms with Crippen LogP contribution < -0.4 is 4.74 Å². The van der Waals surface area contributed by atoms with Gasteiger partial charge in [-0.05, 0) is 60.3 Å². The fourth-order valence-corrected chi connectivity index (χ4v) is 4.82. The van der Waals surface area contributed by atoms with E-state index in [0.717, 1.165) is 31.4 Å². The van der Waals surface area contributed by atoms with Crippen LogP contribution in [0.25, 0.3) is 0 Å². The summed E-state index contributed by atoms with van der Waals surface area (Å²) in [5.74, 6) is 1.20. The van der Waals surface area contributed by atoms with Crippen molar-refractivity contribution in [3.63, 3.8) is 0 Å². The van der Waals surface area contributed by atoms with E-state index >= 15 is 0 Å². The summed E-state index contributed by atoms with van der Waals surface area (Å²) in [6.45, 7) is 4.40. The highest BCUT2D eigenvalue weighted by Gasteiger charge is 2.55. The van der Waals surface area contributed by atoms with Crippen LogP contribution in [0.5, 0.6) is 5.75 Å². The minimum absolute atomic E-state index is 0.0127. The molecule has 2 aliphatic rings. The Hall–Kier alpha value is -1.06. The molecule has 1 unspecified atom stereocenters. The van der Waals surface area contributed by atoms with E-state index < -0.39 is 11.5 Å². The number of aliphatic hydroxyl groups excluding tert-OH is 2. The fourth-order valence-electron chi connectivity index (χ4n) is 4.82. The zero-order valence-corrected chi connectivity index (χ0v) is 13.2. The van der Waals surface area contributed by atoms with Gasteiger partial charge in [0.1, 0.15) is 5.75 Å². The smallest absolute Gasteiger partial charge is 0.119 e. The highest BCUT2D eigenvalue weighted by atomic mass is 16.5. The monoisotopic (exact) mass is 290 g/mol. The summed E-state index contributed by atoms with van der Waals surface area (Å²) in [5.41, 5.74) is 2.35. The van der Waals surface area contributed by atoms with E-state index in [1.54, 1.807) is 7.11 Å². The van der Waals surface area contributed by atoms with E-state index in [1.165, 1.54) is 11.1 Å². The topological polar surface area (TPSA) is 49.7 Å². The molecule has 0 spiro atoms. The fraction of sp³-hybridized carbons (Fsp3) is 0.667. The molecule has 1 aromatic carbocycles. The molecule has 0 bridgehead atoms. The predicted molar refractivity (Wildman–Crippen MR) is 82.6 cm³/mol. The number of hydrogen-bond donors (Lipinski definition) is 2. The van der Waals surface area contributed by atoms with Crippen molar-refractivity contribution in [2.45, 2.75) is 51.0 Å². The van der Waals surface area contributed by atoms with Crippen molar-refractivity contribution >= 4 is 0 Å². The molecule has 21 heavy (non-hydrogen) atoms. The number of aryl methyl sites for hydroxylation is 1. The highest BCUT2D eigenvalue weighted by Crippen LogP contribution is 2.57. The summed E-state index contributed by atoms with van der Waals surface area (Å²) in [6.07, 6.45) is 3.36. The second-order valence-corrected chi connectivity index (χ2v) is 7.25. The van der Waals surface area contributed by atoms with Crippen LogP contribution in [-0.2, 0) is 11.8 Å². The van der Waals surface area contributed by atoms with Crippen LogP contribution in [0.3, 0.4) is 0 Å². The molecule has 0 heterocycles. The Morgan fingerprint density at radius 1 is 1.29 bits per heavy atom. The van der Waals surface area contributed by atoms with Crippen LogP contribution in [0.2, 0.25) is 0 Å². The number of benzene rings is 1. The molecular formula is C18H26O3. The van der Waals surface area contributed by atoms with Gasteiger partial charge in [-0.3, -0.25) is 0 Å². The lowest BCUT2D eigenvalue weighted by molar-refractivity contribution is -0.110. The molecule has 2 aliphatic carbocycles. The number of methoxy groups -OCH3 is 1. The molecule has 4 atom stereocenters. The SMILES string of the molecule is COc1ccc2c(c1)[C@@]1(C)CC[C@@H](O)C(C)(CO)[C@@H]1CC2. The van der Waals surface area contributed by atoms with Gasteiger partial charge in [-0.15, -0.1) is 0 Å². The van der Waals surface area contributed by atoms with E-state index in [0.29, 0.717) is 5.92 Å². The minimum Gasteiger partial charge on any atom is -0.497 e. The lowest BCUT2D eigenvalue weighted by Crippen LogP contribution is -2.56. The summed E-state index contributed by atoms with van der Waals surface area (Å²) >= 11 is 0. The van der Waals surface area contributed by atoms with E-state index in [4.69, 9.17) is 4.74 Å². The number of rotatable bonds is 2. The van der Waals surface area contributed by atoms with Crippen molar-refractivity contribution in [3.8, 4) is 5.75 Å². The zero-order chi connectivity index (χ0) is 15.3. The van der Waals surface area contributed by atoms with Gasteiger partial charge < -0.3 is 14.9 Å². The first-order chi connectivity index (χ1) is 9.95. The average molecular weight is 290 g/mol. The average Bonchev–Trinajstić information content (AvgIpc) is 2.51. The summed E-state index contributed by atoms with van der Waals surface area (Å²) < 4.78 is 5.41. The molecule has 1 saturated carbocycles. The number of aliphatic hydroxyl groups is 2. The van der Waals surface area contributed by atoms with Gasteiger partial charge in [-0.25, -0.2) is 0 Å². The lowest BCUT2D eigenvalue weighted by Gasteiger charge is -2.56. The molecule has 0 aromatic heterocycles. The number of fused-ring (bicyclic) bond motifs is 3. The highest BCUT2D eigenvalue weighted by molar-refractivity contribution is 5.44. The van der Waals surface area contributed by atoms with Gasteiger partial charge >= 0.3 is 0 Å². The van der Waals surface area contributed by atoms with Gasteiger partial charge in [0.05, 0.1) is 19.8 Å². The van der Waals surface area contributed by atoms with Gasteiger partial charge in [-0.2, -0.15) is 0 Å². The van der Waals surface area contributed by atoms with Crippen LogP contribution >= 0.6 is 0 Å². The minimum atomic E-state index is -0.410. The van der Waals surface area contributed by atoms with Crippen LogP contribution in [0.15, 0.2) is 18.2 Å². The Balaban J connectivity index is 2.10. The van der Waals surface area contributed by atoms with Gasteiger partial charge in [0.25, 0.3) is 0 Å². The summed E-state index contributed by atoms with van der Waals surface area (Å²) in [6, 6.07) is 6.37. The van der Waals surface area contributed by atoms with Gasteiger partial charge in [0.2, 0.25) is 0 Å². The van der Waals surface area contributed by atoms with Crippen molar-refractivity contribution in [1.29, 1.82) is 0 Å². The van der Waals surface area contributed by atoms with Gasteiger partial charge in [-0.1, -0.05) is 19.9 Å².